The van der Waals surface area contributed by atoms with Crippen molar-refractivity contribution >= 4 is 22.8 Å². The van der Waals surface area contributed by atoms with Crippen LogP contribution in [-0.2, 0) is 18.4 Å². The average Bonchev–Trinajstić information content (AvgIpc) is 2.59. The predicted molar refractivity (Wildman–Crippen MR) is 66.2 cm³/mol. The molecule has 8 heteroatoms. The lowest BCUT2D eigenvalue weighted by Crippen LogP contribution is -2.30. The molecule has 4 N–H and O–H groups in total. The number of carbonyl (C=O) groups is 1. The smallest absolute Gasteiger partial charge is 0.231 e. The number of hydrogen-bond donors (Lipinski definition) is 2. The van der Waals surface area contributed by atoms with E-state index in [-0.39, 0.29) is 6.54 Å². The van der Waals surface area contributed by atoms with Gasteiger partial charge in [-0.3, -0.25) is 14.4 Å². The average molecular weight is 249 g/mol. The number of nitrogens with two attached hydrogens (primary N) is 2. The quantitative estimate of drug-likeness (QED) is 0.707. The van der Waals surface area contributed by atoms with Crippen LogP contribution in [0.4, 0.5) is 5.82 Å². The molecule has 0 saturated heterocycles. The molecule has 96 valence electrons. The van der Waals surface area contributed by atoms with E-state index in [2.05, 4.69) is 15.1 Å². The molecule has 2 aromatic heterocycles. The first kappa shape index (κ1) is 12.2. The van der Waals surface area contributed by atoms with E-state index in [1.165, 1.54) is 0 Å². The Morgan fingerprint density at radius 3 is 2.89 bits per heavy atom. The molecule has 0 unspecified atom stereocenters. The summed E-state index contributed by atoms with van der Waals surface area (Å²) in [5.41, 5.74) is 11.6. The Morgan fingerprint density at radius 1 is 1.50 bits per heavy atom. The fourth-order valence-corrected chi connectivity index (χ4v) is 1.72. The molecule has 0 saturated carbocycles. The Hall–Kier alpha value is -2.22. The largest absolute Gasteiger partial charge is 0.383 e. The summed E-state index contributed by atoms with van der Waals surface area (Å²) in [6.07, 6.45) is 1.63. The minimum Gasteiger partial charge on any atom is -0.383 e. The maximum absolute atomic E-state index is 10.8. The van der Waals surface area contributed by atoms with Gasteiger partial charge < -0.3 is 11.5 Å². The highest BCUT2D eigenvalue weighted by molar-refractivity contribution is 5.84. The molecule has 0 radical (unpaired) electrons. The maximum atomic E-state index is 10.8. The summed E-state index contributed by atoms with van der Waals surface area (Å²) in [5.74, 6) is 0.523. The third kappa shape index (κ3) is 2.38. The molecule has 0 spiro atoms. The van der Waals surface area contributed by atoms with Gasteiger partial charge in [0, 0.05) is 7.05 Å². The number of primary amides is 1. The van der Waals surface area contributed by atoms with E-state index >= 15 is 0 Å². The van der Waals surface area contributed by atoms with Gasteiger partial charge >= 0.3 is 0 Å². The van der Waals surface area contributed by atoms with Crippen LogP contribution in [0.1, 0.15) is 5.82 Å². The van der Waals surface area contributed by atoms with Gasteiger partial charge in [-0.25, -0.2) is 9.97 Å². The SMILES string of the molecule is CN(CC(N)=O)Cc1nc(N)c2cnn(C)c2n1. The monoisotopic (exact) mass is 249 g/mol. The van der Waals surface area contributed by atoms with Crippen molar-refractivity contribution < 1.29 is 4.79 Å². The zero-order chi connectivity index (χ0) is 13.3. The molecule has 0 aliphatic carbocycles. The molecule has 0 atom stereocenters. The minimum absolute atomic E-state index is 0.146. The molecule has 2 heterocycles. The molecule has 0 fully saturated rings. The van der Waals surface area contributed by atoms with E-state index < -0.39 is 5.91 Å². The van der Waals surface area contributed by atoms with Crippen molar-refractivity contribution in [3.05, 3.63) is 12.0 Å². The Balaban J connectivity index is 2.28. The van der Waals surface area contributed by atoms with Gasteiger partial charge in [-0.05, 0) is 7.05 Å². The van der Waals surface area contributed by atoms with Gasteiger partial charge in [0.15, 0.2) is 5.65 Å². The van der Waals surface area contributed by atoms with Crippen LogP contribution in [0.5, 0.6) is 0 Å². The topological polar surface area (TPSA) is 116 Å². The van der Waals surface area contributed by atoms with E-state index in [9.17, 15) is 4.79 Å². The van der Waals surface area contributed by atoms with Crippen molar-refractivity contribution in [1.29, 1.82) is 0 Å². The number of hydrogen-bond acceptors (Lipinski definition) is 6. The number of fused-ring (bicyclic) bond motifs is 1. The van der Waals surface area contributed by atoms with Gasteiger partial charge in [0.25, 0.3) is 0 Å². The van der Waals surface area contributed by atoms with Crippen LogP contribution in [0, 0.1) is 0 Å². The number of rotatable bonds is 4. The van der Waals surface area contributed by atoms with Crippen molar-refractivity contribution in [3.8, 4) is 0 Å². The van der Waals surface area contributed by atoms with Crippen LogP contribution in [0.15, 0.2) is 6.20 Å². The fraction of sp³-hybridized carbons (Fsp3) is 0.400. The first-order chi connectivity index (χ1) is 8.47. The maximum Gasteiger partial charge on any atom is 0.231 e. The lowest BCUT2D eigenvalue weighted by Gasteiger charge is -2.13. The minimum atomic E-state index is -0.396. The Labute approximate surface area is 104 Å². The summed E-state index contributed by atoms with van der Waals surface area (Å²) in [7, 11) is 3.55. The molecule has 0 bridgehead atoms. The van der Waals surface area contributed by atoms with Gasteiger partial charge in [0.2, 0.25) is 5.91 Å². The summed E-state index contributed by atoms with van der Waals surface area (Å²) in [6.45, 7) is 0.543. The molecule has 1 amide bonds. The van der Waals surface area contributed by atoms with Gasteiger partial charge in [0.1, 0.15) is 11.6 Å². The number of amides is 1. The van der Waals surface area contributed by atoms with E-state index in [0.29, 0.717) is 23.8 Å². The number of aryl methyl sites for hydroxylation is 1. The third-order valence-corrected chi connectivity index (χ3v) is 2.50. The summed E-state index contributed by atoms with van der Waals surface area (Å²) in [4.78, 5) is 21.1. The van der Waals surface area contributed by atoms with Gasteiger partial charge in [-0.2, -0.15) is 5.10 Å². The zero-order valence-electron chi connectivity index (χ0n) is 10.3. The second-order valence-electron chi connectivity index (χ2n) is 4.17. The molecule has 18 heavy (non-hydrogen) atoms. The number of likely N-dealkylation sites (N-methyl/N-ethyl adjacent to an activating group) is 1. The van der Waals surface area contributed by atoms with E-state index in [1.54, 1.807) is 29.9 Å². The van der Waals surface area contributed by atoms with Crippen LogP contribution in [0.3, 0.4) is 0 Å². The van der Waals surface area contributed by atoms with E-state index in [4.69, 9.17) is 11.5 Å². The lowest BCUT2D eigenvalue weighted by molar-refractivity contribution is -0.118. The van der Waals surface area contributed by atoms with Gasteiger partial charge in [-0.1, -0.05) is 0 Å². The molecule has 8 nitrogen and oxygen atoms in total. The second kappa shape index (κ2) is 4.57. The van der Waals surface area contributed by atoms with E-state index in [1.807, 2.05) is 0 Å². The molecular weight excluding hydrogens is 234 g/mol. The zero-order valence-corrected chi connectivity index (χ0v) is 10.3. The van der Waals surface area contributed by atoms with Gasteiger partial charge in [0.05, 0.1) is 24.7 Å². The van der Waals surface area contributed by atoms with Crippen LogP contribution in [0.2, 0.25) is 0 Å². The number of anilines is 1. The highest BCUT2D eigenvalue weighted by Gasteiger charge is 2.11. The lowest BCUT2D eigenvalue weighted by atomic mass is 10.4. The van der Waals surface area contributed by atoms with Crippen LogP contribution in [-0.4, -0.2) is 44.1 Å². The first-order valence-corrected chi connectivity index (χ1v) is 5.38. The van der Waals surface area contributed by atoms with E-state index in [0.717, 1.165) is 5.39 Å². The summed E-state index contributed by atoms with van der Waals surface area (Å²) < 4.78 is 1.63. The molecule has 0 aromatic carbocycles. The Morgan fingerprint density at radius 2 is 2.22 bits per heavy atom. The van der Waals surface area contributed by atoms with Crippen LogP contribution < -0.4 is 11.5 Å². The Kier molecular flexibility index (Phi) is 3.11. The molecule has 0 aliphatic rings. The number of carbonyl (C=O) groups excluding carboxylic acids is 1. The molecule has 2 rings (SSSR count). The molecule has 2 aromatic rings. The summed E-state index contributed by atoms with van der Waals surface area (Å²) in [6, 6.07) is 0. The summed E-state index contributed by atoms with van der Waals surface area (Å²) in [5, 5.41) is 4.79. The van der Waals surface area contributed by atoms with Crippen LogP contribution >= 0.6 is 0 Å². The fourth-order valence-electron chi connectivity index (χ4n) is 1.72. The van der Waals surface area contributed by atoms with Crippen molar-refractivity contribution in [3.63, 3.8) is 0 Å². The van der Waals surface area contributed by atoms with Gasteiger partial charge in [-0.15, -0.1) is 0 Å². The normalized spacial score (nSPS) is 11.3. The number of nitrogen functional groups attached to an aromatic ring is 1. The van der Waals surface area contributed by atoms with Crippen molar-refractivity contribution in [2.75, 3.05) is 19.3 Å². The van der Waals surface area contributed by atoms with Crippen molar-refractivity contribution in [2.45, 2.75) is 6.54 Å². The molecular formula is C10H15N7O. The third-order valence-electron chi connectivity index (χ3n) is 2.50. The van der Waals surface area contributed by atoms with Crippen molar-refractivity contribution in [2.24, 2.45) is 12.8 Å². The number of nitrogens with zero attached hydrogens (tertiary/aromatic N) is 5. The van der Waals surface area contributed by atoms with Crippen molar-refractivity contribution in [1.82, 2.24) is 24.6 Å². The van der Waals surface area contributed by atoms with Crippen LogP contribution in [0.25, 0.3) is 11.0 Å². The molecule has 0 aliphatic heterocycles. The second-order valence-corrected chi connectivity index (χ2v) is 4.17. The number of aromatic nitrogens is 4. The predicted octanol–water partition coefficient (Wildman–Crippen LogP) is -1.14. The Bertz CT molecular complexity index is 591. The first-order valence-electron chi connectivity index (χ1n) is 5.38. The summed E-state index contributed by atoms with van der Waals surface area (Å²) >= 11 is 0. The highest BCUT2D eigenvalue weighted by Crippen LogP contribution is 2.16. The standard InChI is InChI=1S/C10H15N7O/c1-16(4-7(11)18)5-8-14-9(12)6-3-13-17(2)10(6)15-8/h3H,4-5H2,1-2H3,(H2,11,18)(H2,12,14,15). The highest BCUT2D eigenvalue weighted by atomic mass is 16.1.